The van der Waals surface area contributed by atoms with E-state index in [4.69, 9.17) is 9.47 Å². The minimum Gasteiger partial charge on any atom is -0.497 e. The number of halogens is 1. The summed E-state index contributed by atoms with van der Waals surface area (Å²) < 4.78 is 25.5. The molecule has 0 N–H and O–H groups in total. The number of carbonyl (C=O) groups is 1. The van der Waals surface area contributed by atoms with Gasteiger partial charge in [-0.15, -0.1) is 0 Å². The van der Waals surface area contributed by atoms with Gasteiger partial charge in [-0.2, -0.15) is 0 Å². The Morgan fingerprint density at radius 1 is 1.00 bits per heavy atom. The van der Waals surface area contributed by atoms with Crippen molar-refractivity contribution in [2.75, 3.05) is 52.9 Å². The van der Waals surface area contributed by atoms with Crippen LogP contribution in [-0.2, 0) is 11.3 Å². The van der Waals surface area contributed by atoms with Gasteiger partial charge in [0, 0.05) is 56.9 Å². The van der Waals surface area contributed by atoms with Crippen LogP contribution >= 0.6 is 0 Å². The lowest BCUT2D eigenvalue weighted by Crippen LogP contribution is -2.63. The molecule has 2 aromatic rings. The molecule has 3 heterocycles. The maximum Gasteiger partial charge on any atom is 0.410 e. The van der Waals surface area contributed by atoms with Gasteiger partial charge in [-0.3, -0.25) is 14.7 Å². The molecule has 0 aromatic heterocycles. The maximum absolute atomic E-state index is 14.6. The first-order valence-electron chi connectivity index (χ1n) is 16.5. The average Bonchev–Trinajstić information content (AvgIpc) is 2.99. The third kappa shape index (κ3) is 7.93. The number of hydrogen-bond acceptors (Lipinski definition) is 6. The molecule has 7 nitrogen and oxygen atoms in total. The number of piperazine rings is 1. The lowest BCUT2D eigenvalue weighted by Gasteiger charge is -2.54. The van der Waals surface area contributed by atoms with Crippen molar-refractivity contribution in [2.45, 2.75) is 90.1 Å². The average molecular weight is 609 g/mol. The van der Waals surface area contributed by atoms with E-state index in [0.717, 1.165) is 89.4 Å². The van der Waals surface area contributed by atoms with E-state index in [1.54, 1.807) is 19.2 Å². The number of piperidine rings is 2. The van der Waals surface area contributed by atoms with E-state index in [1.807, 2.05) is 43.9 Å². The molecule has 3 fully saturated rings. The van der Waals surface area contributed by atoms with Gasteiger partial charge in [0.1, 0.15) is 17.2 Å². The molecule has 0 spiro atoms. The standard InChI is InChI=1S/C36H53FN4O3/c1-27-25-40(36(5)16-20-39(21-17-36)34(42)44-35(2,3)4)22-23-41(27)33(30-8-7-9-31(37)24-30)29-14-18-38(19-15-29)26-28-10-12-32(43-6)13-11-28/h7-13,24,27,29,33H,14-23,25-26H2,1-6H3/t27-,33?/m0/s1. The van der Waals surface area contributed by atoms with Gasteiger partial charge in [-0.1, -0.05) is 24.3 Å². The van der Waals surface area contributed by atoms with Gasteiger partial charge in [0.2, 0.25) is 0 Å². The molecule has 0 radical (unpaired) electrons. The highest BCUT2D eigenvalue weighted by molar-refractivity contribution is 5.68. The predicted octanol–water partition coefficient (Wildman–Crippen LogP) is 6.58. The zero-order valence-corrected chi connectivity index (χ0v) is 27.7. The zero-order chi connectivity index (χ0) is 31.5. The second-order valence-corrected chi connectivity index (χ2v) is 14.5. The lowest BCUT2D eigenvalue weighted by molar-refractivity contribution is -0.0486. The molecule has 0 aliphatic carbocycles. The van der Waals surface area contributed by atoms with Crippen LogP contribution in [0.25, 0.3) is 0 Å². The van der Waals surface area contributed by atoms with Crippen LogP contribution < -0.4 is 4.74 Å². The molecule has 1 amide bonds. The van der Waals surface area contributed by atoms with Gasteiger partial charge < -0.3 is 14.4 Å². The number of likely N-dealkylation sites (tertiary alicyclic amines) is 2. The van der Waals surface area contributed by atoms with Crippen molar-refractivity contribution in [1.29, 1.82) is 0 Å². The summed E-state index contributed by atoms with van der Waals surface area (Å²) in [6.45, 7) is 17.9. The van der Waals surface area contributed by atoms with Crippen molar-refractivity contribution in [1.82, 2.24) is 19.6 Å². The number of carbonyl (C=O) groups excluding carboxylic acids is 1. The maximum atomic E-state index is 14.6. The molecule has 0 saturated carbocycles. The third-order valence-electron chi connectivity index (χ3n) is 10.1. The number of methoxy groups -OCH3 is 1. The first-order valence-corrected chi connectivity index (χ1v) is 16.5. The largest absolute Gasteiger partial charge is 0.497 e. The Labute approximate surface area is 264 Å². The molecule has 5 rings (SSSR count). The molecule has 3 aliphatic rings. The molecule has 1 unspecified atom stereocenters. The van der Waals surface area contributed by atoms with Crippen LogP contribution in [0.3, 0.4) is 0 Å². The number of rotatable bonds is 7. The van der Waals surface area contributed by atoms with Crippen molar-refractivity contribution in [2.24, 2.45) is 5.92 Å². The molecule has 2 aromatic carbocycles. The fourth-order valence-corrected chi connectivity index (χ4v) is 7.53. The second-order valence-electron chi connectivity index (χ2n) is 14.5. The van der Waals surface area contributed by atoms with Crippen LogP contribution in [0, 0.1) is 11.7 Å². The highest BCUT2D eigenvalue weighted by Crippen LogP contribution is 2.40. The fourth-order valence-electron chi connectivity index (χ4n) is 7.53. The number of amides is 1. The van der Waals surface area contributed by atoms with E-state index in [-0.39, 0.29) is 23.5 Å². The molecular formula is C36H53FN4O3. The highest BCUT2D eigenvalue weighted by atomic mass is 19.1. The van der Waals surface area contributed by atoms with Gasteiger partial charge >= 0.3 is 6.09 Å². The van der Waals surface area contributed by atoms with E-state index in [9.17, 15) is 9.18 Å². The molecule has 0 bridgehead atoms. The quantitative estimate of drug-likeness (QED) is 0.354. The Morgan fingerprint density at radius 2 is 1.68 bits per heavy atom. The molecule has 3 aliphatic heterocycles. The summed E-state index contributed by atoms with van der Waals surface area (Å²) >= 11 is 0. The minimum absolute atomic E-state index is 0.0556. The Balaban J connectivity index is 1.22. The zero-order valence-electron chi connectivity index (χ0n) is 27.7. The number of ether oxygens (including phenoxy) is 2. The van der Waals surface area contributed by atoms with Crippen LogP contribution in [-0.4, -0.2) is 95.8 Å². The van der Waals surface area contributed by atoms with Crippen molar-refractivity contribution in [3.8, 4) is 5.75 Å². The van der Waals surface area contributed by atoms with E-state index < -0.39 is 5.60 Å². The number of hydrogen-bond donors (Lipinski definition) is 0. The van der Waals surface area contributed by atoms with Gasteiger partial charge in [0.15, 0.2) is 0 Å². The Hall–Kier alpha value is -2.68. The first-order chi connectivity index (χ1) is 20.9. The topological polar surface area (TPSA) is 48.5 Å². The summed E-state index contributed by atoms with van der Waals surface area (Å²) in [6, 6.07) is 16.3. The molecule has 242 valence electrons. The molecule has 8 heteroatoms. The third-order valence-corrected chi connectivity index (χ3v) is 10.1. The normalized spacial score (nSPS) is 23.3. The van der Waals surface area contributed by atoms with Crippen LogP contribution in [0.1, 0.15) is 77.5 Å². The second kappa shape index (κ2) is 13.8. The van der Waals surface area contributed by atoms with Crippen molar-refractivity contribution < 1.29 is 18.7 Å². The summed E-state index contributed by atoms with van der Waals surface area (Å²) in [6.07, 6.45) is 3.88. The Morgan fingerprint density at radius 3 is 2.27 bits per heavy atom. The summed E-state index contributed by atoms with van der Waals surface area (Å²) in [5.74, 6) is 1.21. The molecule has 44 heavy (non-hydrogen) atoms. The van der Waals surface area contributed by atoms with Crippen LogP contribution in [0.5, 0.6) is 5.75 Å². The Kier molecular flexibility index (Phi) is 10.2. The SMILES string of the molecule is COc1ccc(CN2CCC(C(c3cccc(F)c3)N3CCN(C4(C)CCN(C(=O)OC(C)(C)C)CC4)C[C@@H]3C)CC2)cc1. The van der Waals surface area contributed by atoms with Gasteiger partial charge in [-0.25, -0.2) is 9.18 Å². The van der Waals surface area contributed by atoms with Crippen molar-refractivity contribution >= 4 is 6.09 Å². The predicted molar refractivity (Wildman–Crippen MR) is 173 cm³/mol. The first kappa shape index (κ1) is 32.7. The van der Waals surface area contributed by atoms with Gasteiger partial charge in [0.25, 0.3) is 0 Å². The molecule has 3 saturated heterocycles. The van der Waals surface area contributed by atoms with Crippen LogP contribution in [0.2, 0.25) is 0 Å². The molecular weight excluding hydrogens is 555 g/mol. The summed E-state index contributed by atoms with van der Waals surface area (Å²) in [7, 11) is 1.70. The van der Waals surface area contributed by atoms with E-state index in [2.05, 4.69) is 46.7 Å². The number of benzene rings is 2. The van der Waals surface area contributed by atoms with E-state index in [0.29, 0.717) is 12.0 Å². The van der Waals surface area contributed by atoms with Crippen molar-refractivity contribution in [3.63, 3.8) is 0 Å². The smallest absolute Gasteiger partial charge is 0.410 e. The Bertz CT molecular complexity index is 1230. The molecule has 2 atom stereocenters. The highest BCUT2D eigenvalue weighted by Gasteiger charge is 2.43. The lowest BCUT2D eigenvalue weighted by atomic mass is 9.82. The summed E-state index contributed by atoms with van der Waals surface area (Å²) in [5, 5.41) is 0. The summed E-state index contributed by atoms with van der Waals surface area (Å²) in [5.41, 5.74) is 1.99. The van der Waals surface area contributed by atoms with E-state index in [1.165, 1.54) is 5.56 Å². The fraction of sp³-hybridized carbons (Fsp3) is 0.639. The number of nitrogens with zero attached hydrogens (tertiary/aromatic N) is 4. The summed E-state index contributed by atoms with van der Waals surface area (Å²) in [4.78, 5) is 22.4. The minimum atomic E-state index is -0.477. The monoisotopic (exact) mass is 608 g/mol. The van der Waals surface area contributed by atoms with Crippen LogP contribution in [0.15, 0.2) is 48.5 Å². The van der Waals surface area contributed by atoms with E-state index >= 15 is 0 Å². The van der Waals surface area contributed by atoms with Gasteiger partial charge in [-0.05, 0) is 115 Å². The van der Waals surface area contributed by atoms with Crippen molar-refractivity contribution in [3.05, 3.63) is 65.5 Å². The van der Waals surface area contributed by atoms with Crippen LogP contribution in [0.4, 0.5) is 9.18 Å². The van der Waals surface area contributed by atoms with Gasteiger partial charge in [0.05, 0.1) is 7.11 Å².